The van der Waals surface area contributed by atoms with Gasteiger partial charge in [0.1, 0.15) is 11.6 Å². The number of carbonyl (C=O) groups excluding carboxylic acids is 1. The maximum absolute atomic E-state index is 12.9. The van der Waals surface area contributed by atoms with Crippen molar-refractivity contribution >= 4 is 38.9 Å². The molecule has 0 bridgehead atoms. The summed E-state index contributed by atoms with van der Waals surface area (Å²) < 4.78 is 45.1. The highest BCUT2D eigenvalue weighted by atomic mass is 32.2. The van der Waals surface area contributed by atoms with E-state index in [0.717, 1.165) is 0 Å². The molecule has 1 heterocycles. The number of hydrogen-bond donors (Lipinski definition) is 3. The van der Waals surface area contributed by atoms with Crippen molar-refractivity contribution in [1.29, 1.82) is 0 Å². The number of nitrogens with one attached hydrogen (secondary N) is 3. The van der Waals surface area contributed by atoms with E-state index in [9.17, 15) is 17.6 Å². The van der Waals surface area contributed by atoms with E-state index in [1.54, 1.807) is 12.1 Å². The minimum atomic E-state index is -3.71. The Morgan fingerprint density at radius 2 is 1.72 bits per heavy atom. The van der Waals surface area contributed by atoms with Gasteiger partial charge in [0.15, 0.2) is 5.11 Å². The molecule has 1 amide bonds. The lowest BCUT2D eigenvalue weighted by molar-refractivity contribution is 0.0977. The van der Waals surface area contributed by atoms with Gasteiger partial charge in [0, 0.05) is 11.3 Å². The molecule has 3 aromatic rings. The molecule has 0 aliphatic rings. The van der Waals surface area contributed by atoms with Gasteiger partial charge in [0.05, 0.1) is 17.7 Å². The first-order valence-electron chi connectivity index (χ1n) is 8.33. The fourth-order valence-corrected chi connectivity index (χ4v) is 3.52. The molecule has 2 aromatic carbocycles. The monoisotopic (exact) mass is 433 g/mol. The number of furan rings is 1. The predicted octanol–water partition coefficient (Wildman–Crippen LogP) is 3.02. The molecule has 1 aromatic heterocycles. The third-order valence-corrected chi connectivity index (χ3v) is 5.39. The zero-order valence-electron chi connectivity index (χ0n) is 14.9. The SMILES string of the molecule is O=C(NC(=S)Nc1ccc(S(=O)(=O)NCc2ccco2)cc1)c1ccc(F)cc1. The van der Waals surface area contributed by atoms with Crippen molar-refractivity contribution in [2.24, 2.45) is 0 Å². The summed E-state index contributed by atoms with van der Waals surface area (Å²) in [7, 11) is -3.71. The molecule has 0 spiro atoms. The second-order valence-electron chi connectivity index (χ2n) is 5.84. The molecule has 0 aliphatic heterocycles. The summed E-state index contributed by atoms with van der Waals surface area (Å²) in [6.07, 6.45) is 1.46. The van der Waals surface area contributed by atoms with E-state index < -0.39 is 21.7 Å². The molecule has 0 fully saturated rings. The summed E-state index contributed by atoms with van der Waals surface area (Å²) in [5, 5.41) is 5.26. The van der Waals surface area contributed by atoms with E-state index >= 15 is 0 Å². The average Bonchev–Trinajstić information content (AvgIpc) is 3.21. The highest BCUT2D eigenvalue weighted by molar-refractivity contribution is 7.89. The van der Waals surface area contributed by atoms with E-state index in [1.165, 1.54) is 54.8 Å². The van der Waals surface area contributed by atoms with Crippen molar-refractivity contribution in [2.75, 3.05) is 5.32 Å². The van der Waals surface area contributed by atoms with E-state index in [2.05, 4.69) is 15.4 Å². The van der Waals surface area contributed by atoms with Crippen molar-refractivity contribution in [3.63, 3.8) is 0 Å². The van der Waals surface area contributed by atoms with Gasteiger partial charge in [-0.25, -0.2) is 17.5 Å². The highest BCUT2D eigenvalue weighted by Gasteiger charge is 2.14. The Balaban J connectivity index is 1.57. The highest BCUT2D eigenvalue weighted by Crippen LogP contribution is 2.15. The van der Waals surface area contributed by atoms with Crippen LogP contribution >= 0.6 is 12.2 Å². The number of sulfonamides is 1. The number of hydrogen-bond acceptors (Lipinski definition) is 5. The fourth-order valence-electron chi connectivity index (χ4n) is 2.32. The summed E-state index contributed by atoms with van der Waals surface area (Å²) in [5.74, 6) is -0.450. The van der Waals surface area contributed by atoms with E-state index in [4.69, 9.17) is 16.6 Å². The molecule has 0 atom stereocenters. The van der Waals surface area contributed by atoms with Gasteiger partial charge in [-0.05, 0) is 72.9 Å². The Kier molecular flexibility index (Phi) is 6.37. The van der Waals surface area contributed by atoms with E-state index in [-0.39, 0.29) is 22.1 Å². The number of anilines is 1. The quantitative estimate of drug-likeness (QED) is 0.517. The first-order valence-corrected chi connectivity index (χ1v) is 10.2. The molecule has 150 valence electrons. The lowest BCUT2D eigenvalue weighted by Gasteiger charge is -2.11. The Morgan fingerprint density at radius 1 is 1.03 bits per heavy atom. The topological polar surface area (TPSA) is 100 Å². The van der Waals surface area contributed by atoms with Crippen LogP contribution in [0.25, 0.3) is 0 Å². The van der Waals surface area contributed by atoms with Gasteiger partial charge >= 0.3 is 0 Å². The first-order chi connectivity index (χ1) is 13.8. The smallest absolute Gasteiger partial charge is 0.257 e. The largest absolute Gasteiger partial charge is 0.468 e. The maximum Gasteiger partial charge on any atom is 0.257 e. The van der Waals surface area contributed by atoms with Gasteiger partial charge < -0.3 is 9.73 Å². The predicted molar refractivity (Wildman–Crippen MR) is 109 cm³/mol. The zero-order valence-corrected chi connectivity index (χ0v) is 16.5. The number of amides is 1. The average molecular weight is 433 g/mol. The molecule has 10 heteroatoms. The van der Waals surface area contributed by atoms with Crippen LogP contribution in [0.5, 0.6) is 0 Å². The molecular weight excluding hydrogens is 417 g/mol. The van der Waals surface area contributed by atoms with E-state index in [0.29, 0.717) is 11.4 Å². The molecule has 0 unspecified atom stereocenters. The van der Waals surface area contributed by atoms with Gasteiger partial charge in [0.2, 0.25) is 10.0 Å². The van der Waals surface area contributed by atoms with Crippen LogP contribution < -0.4 is 15.4 Å². The van der Waals surface area contributed by atoms with Crippen LogP contribution in [0, 0.1) is 5.82 Å². The van der Waals surface area contributed by atoms with Crippen LogP contribution in [0.1, 0.15) is 16.1 Å². The van der Waals surface area contributed by atoms with Crippen molar-refractivity contribution in [3.8, 4) is 0 Å². The fraction of sp³-hybridized carbons (Fsp3) is 0.0526. The third-order valence-electron chi connectivity index (χ3n) is 3.77. The Bertz CT molecular complexity index is 1100. The van der Waals surface area contributed by atoms with Crippen LogP contribution in [0.3, 0.4) is 0 Å². The molecule has 7 nitrogen and oxygen atoms in total. The lowest BCUT2D eigenvalue weighted by Crippen LogP contribution is -2.34. The number of benzene rings is 2. The maximum atomic E-state index is 12.9. The lowest BCUT2D eigenvalue weighted by atomic mass is 10.2. The molecule has 0 radical (unpaired) electrons. The van der Waals surface area contributed by atoms with Gasteiger partial charge in [-0.1, -0.05) is 0 Å². The van der Waals surface area contributed by atoms with Crippen molar-refractivity contribution < 1.29 is 22.0 Å². The molecule has 0 saturated heterocycles. The minimum absolute atomic E-state index is 0.0193. The Labute approximate surface area is 172 Å². The zero-order chi connectivity index (χ0) is 20.9. The van der Waals surface area contributed by atoms with Crippen LogP contribution in [0.4, 0.5) is 10.1 Å². The minimum Gasteiger partial charge on any atom is -0.468 e. The number of thiocarbonyl (C=S) groups is 1. The van der Waals surface area contributed by atoms with Gasteiger partial charge in [0.25, 0.3) is 5.91 Å². The molecule has 3 N–H and O–H groups in total. The molecular formula is C19H16FN3O4S2. The summed E-state index contributed by atoms with van der Waals surface area (Å²) in [5.41, 5.74) is 0.735. The van der Waals surface area contributed by atoms with Gasteiger partial charge in [-0.2, -0.15) is 0 Å². The Hall–Kier alpha value is -3.08. The van der Waals surface area contributed by atoms with Crippen LogP contribution in [-0.2, 0) is 16.6 Å². The normalized spacial score (nSPS) is 11.1. The van der Waals surface area contributed by atoms with Crippen LogP contribution in [0.2, 0.25) is 0 Å². The second-order valence-corrected chi connectivity index (χ2v) is 8.02. The number of rotatable bonds is 6. The van der Waals surface area contributed by atoms with Crippen molar-refractivity contribution in [3.05, 3.63) is 84.1 Å². The standard InChI is InChI=1S/C19H16FN3O4S2/c20-14-5-3-13(4-6-14)18(24)23-19(28)22-15-7-9-17(10-8-15)29(25,26)21-12-16-2-1-11-27-16/h1-11,21H,12H2,(H2,22,23,24,28). The van der Waals surface area contributed by atoms with E-state index in [1.807, 2.05) is 0 Å². The molecule has 0 aliphatic carbocycles. The summed E-state index contributed by atoms with van der Waals surface area (Å²) >= 11 is 5.07. The van der Waals surface area contributed by atoms with Gasteiger partial charge in [-0.3, -0.25) is 10.1 Å². The number of carbonyl (C=O) groups is 1. The molecule has 0 saturated carbocycles. The van der Waals surface area contributed by atoms with Gasteiger partial charge in [-0.15, -0.1) is 0 Å². The summed E-state index contributed by atoms with van der Waals surface area (Å²) in [6.45, 7) is 0.0365. The third kappa shape index (κ3) is 5.70. The number of halogens is 1. The summed E-state index contributed by atoms with van der Waals surface area (Å²) in [4.78, 5) is 12.1. The molecule has 29 heavy (non-hydrogen) atoms. The Morgan fingerprint density at radius 3 is 2.34 bits per heavy atom. The molecule has 3 rings (SSSR count). The van der Waals surface area contributed by atoms with Crippen molar-refractivity contribution in [1.82, 2.24) is 10.0 Å². The first kappa shape index (κ1) is 20.6. The second kappa shape index (κ2) is 8.95. The van der Waals surface area contributed by atoms with Crippen LogP contribution in [0.15, 0.2) is 76.2 Å². The van der Waals surface area contributed by atoms with Crippen molar-refractivity contribution in [2.45, 2.75) is 11.4 Å². The van der Waals surface area contributed by atoms with Crippen LogP contribution in [-0.4, -0.2) is 19.4 Å². The summed E-state index contributed by atoms with van der Waals surface area (Å²) in [6, 6.07) is 14.2.